The molecule has 0 atom stereocenters. The fourth-order valence-electron chi connectivity index (χ4n) is 0.885. The predicted octanol–water partition coefficient (Wildman–Crippen LogP) is 2.10. The Morgan fingerprint density at radius 2 is 2.31 bits per heavy atom. The maximum Gasteiger partial charge on any atom is 0.350 e. The van der Waals surface area contributed by atoms with Crippen molar-refractivity contribution in [2.45, 2.75) is 13.3 Å². The smallest absolute Gasteiger partial charge is 0.350 e. The van der Waals surface area contributed by atoms with Gasteiger partial charge in [-0.25, -0.2) is 4.79 Å². The van der Waals surface area contributed by atoms with Crippen LogP contribution < -0.4 is 5.73 Å². The summed E-state index contributed by atoms with van der Waals surface area (Å²) in [7, 11) is 1.35. The molecule has 1 aromatic heterocycles. The van der Waals surface area contributed by atoms with Gasteiger partial charge in [-0.2, -0.15) is 0 Å². The summed E-state index contributed by atoms with van der Waals surface area (Å²) in [6.07, 6.45) is 0.895. The number of thiophene rings is 1. The number of carbonyl (C=O) groups is 1. The Labute approximate surface area is 87.3 Å². The number of hydrogen-bond donors (Lipinski definition) is 1. The van der Waals surface area contributed by atoms with Crippen molar-refractivity contribution in [2.75, 3.05) is 12.8 Å². The van der Waals surface area contributed by atoms with Crippen LogP contribution in [0.1, 0.15) is 21.5 Å². The molecule has 0 amide bonds. The number of nitrogen functional groups attached to an aromatic ring is 1. The summed E-state index contributed by atoms with van der Waals surface area (Å²) in [4.78, 5) is 12.7. The zero-order valence-corrected chi connectivity index (χ0v) is 9.13. The second-order valence-electron chi connectivity index (χ2n) is 2.34. The molecule has 13 heavy (non-hydrogen) atoms. The van der Waals surface area contributed by atoms with Crippen LogP contribution >= 0.6 is 23.7 Å². The fraction of sp³-hybridized carbons (Fsp3) is 0.375. The van der Waals surface area contributed by atoms with Gasteiger partial charge < -0.3 is 10.5 Å². The van der Waals surface area contributed by atoms with Crippen LogP contribution in [0.25, 0.3) is 0 Å². The summed E-state index contributed by atoms with van der Waals surface area (Å²) in [5.41, 5.74) is 6.12. The molecule has 0 unspecified atom stereocenters. The number of methoxy groups -OCH3 is 1. The normalized spacial score (nSPS) is 9.08. The maximum absolute atomic E-state index is 11.1. The lowest BCUT2D eigenvalue weighted by Gasteiger charge is -1.94. The Kier molecular flexibility index (Phi) is 4.80. The van der Waals surface area contributed by atoms with Crippen LogP contribution in [0, 0.1) is 0 Å². The van der Waals surface area contributed by atoms with Gasteiger partial charge in [-0.1, -0.05) is 6.92 Å². The molecule has 0 saturated carbocycles. The zero-order valence-electron chi connectivity index (χ0n) is 7.49. The number of anilines is 1. The first-order valence-corrected chi connectivity index (χ1v) is 4.47. The Morgan fingerprint density at radius 1 is 1.69 bits per heavy atom. The third-order valence-corrected chi connectivity index (χ3v) is 2.81. The predicted molar refractivity (Wildman–Crippen MR) is 56.7 cm³/mol. The van der Waals surface area contributed by atoms with Crippen LogP contribution in [0.2, 0.25) is 0 Å². The summed E-state index contributed by atoms with van der Waals surface area (Å²) in [6.45, 7) is 2.02. The number of ether oxygens (including phenoxy) is 1. The van der Waals surface area contributed by atoms with E-state index >= 15 is 0 Å². The van der Waals surface area contributed by atoms with Gasteiger partial charge in [0.15, 0.2) is 0 Å². The van der Waals surface area contributed by atoms with E-state index in [1.807, 2.05) is 13.0 Å². The van der Waals surface area contributed by atoms with Gasteiger partial charge in [-0.3, -0.25) is 0 Å². The highest BCUT2D eigenvalue weighted by molar-refractivity contribution is 7.14. The molecule has 0 aromatic carbocycles. The average Bonchev–Trinajstić information content (AvgIpc) is 2.45. The first-order valence-electron chi connectivity index (χ1n) is 3.65. The average molecular weight is 222 g/mol. The van der Waals surface area contributed by atoms with E-state index in [4.69, 9.17) is 5.73 Å². The highest BCUT2D eigenvalue weighted by atomic mass is 35.5. The van der Waals surface area contributed by atoms with Crippen molar-refractivity contribution in [2.24, 2.45) is 0 Å². The number of esters is 1. The largest absolute Gasteiger partial charge is 0.465 e. The van der Waals surface area contributed by atoms with Gasteiger partial charge in [-0.05, 0) is 12.5 Å². The van der Waals surface area contributed by atoms with E-state index in [0.29, 0.717) is 10.6 Å². The van der Waals surface area contributed by atoms with Crippen LogP contribution in [-0.4, -0.2) is 13.1 Å². The van der Waals surface area contributed by atoms with Gasteiger partial charge in [0, 0.05) is 4.88 Å². The van der Waals surface area contributed by atoms with Gasteiger partial charge in [-0.15, -0.1) is 23.7 Å². The topological polar surface area (TPSA) is 52.3 Å². The first kappa shape index (κ1) is 12.3. The molecule has 0 bridgehead atoms. The first-order chi connectivity index (χ1) is 5.69. The van der Waals surface area contributed by atoms with E-state index in [1.165, 1.54) is 18.4 Å². The maximum atomic E-state index is 11.1. The van der Waals surface area contributed by atoms with Crippen molar-refractivity contribution in [1.29, 1.82) is 0 Å². The second kappa shape index (κ2) is 5.09. The Hall–Kier alpha value is -0.740. The van der Waals surface area contributed by atoms with Gasteiger partial charge in [0.1, 0.15) is 4.88 Å². The summed E-state index contributed by atoms with van der Waals surface area (Å²) < 4.78 is 4.57. The molecule has 0 fully saturated rings. The minimum atomic E-state index is -0.350. The third-order valence-electron chi connectivity index (χ3n) is 1.53. The standard InChI is InChI=1S/C8H11NO2S.ClH/c1-3-5-4-6(9)7(12-5)8(10)11-2;/h4H,3,9H2,1-2H3;1H. The van der Waals surface area contributed by atoms with Gasteiger partial charge in [0.2, 0.25) is 0 Å². The number of carbonyl (C=O) groups excluding carboxylic acids is 1. The molecule has 1 aromatic rings. The number of hydrogen-bond acceptors (Lipinski definition) is 4. The molecule has 3 nitrogen and oxygen atoms in total. The van der Waals surface area contributed by atoms with Gasteiger partial charge in [0.05, 0.1) is 12.8 Å². The van der Waals surface area contributed by atoms with E-state index in [-0.39, 0.29) is 18.4 Å². The lowest BCUT2D eigenvalue weighted by atomic mass is 10.3. The summed E-state index contributed by atoms with van der Waals surface area (Å²) >= 11 is 1.39. The molecule has 74 valence electrons. The van der Waals surface area contributed by atoms with Gasteiger partial charge in [0.25, 0.3) is 0 Å². The second-order valence-corrected chi connectivity index (χ2v) is 3.48. The van der Waals surface area contributed by atoms with Crippen molar-refractivity contribution in [1.82, 2.24) is 0 Å². The van der Waals surface area contributed by atoms with Crippen LogP contribution in [0.4, 0.5) is 5.69 Å². The molecule has 0 aliphatic heterocycles. The molecular formula is C8H12ClNO2S. The number of rotatable bonds is 2. The molecule has 0 radical (unpaired) electrons. The minimum absolute atomic E-state index is 0. The number of halogens is 1. The number of aryl methyl sites for hydroxylation is 1. The van der Waals surface area contributed by atoms with Crippen molar-refractivity contribution in [3.63, 3.8) is 0 Å². The molecular weight excluding hydrogens is 210 g/mol. The molecule has 5 heteroatoms. The molecule has 2 N–H and O–H groups in total. The SMILES string of the molecule is CCc1cc(N)c(C(=O)OC)s1.Cl. The summed E-state index contributed by atoms with van der Waals surface area (Å²) in [6, 6.07) is 1.82. The monoisotopic (exact) mass is 221 g/mol. The summed E-state index contributed by atoms with van der Waals surface area (Å²) in [5, 5.41) is 0. The summed E-state index contributed by atoms with van der Waals surface area (Å²) in [5.74, 6) is -0.350. The molecule has 1 heterocycles. The van der Waals surface area contributed by atoms with Crippen LogP contribution in [0.3, 0.4) is 0 Å². The van der Waals surface area contributed by atoms with Crippen LogP contribution in [0.5, 0.6) is 0 Å². The van der Waals surface area contributed by atoms with E-state index in [1.54, 1.807) is 0 Å². The lowest BCUT2D eigenvalue weighted by Crippen LogP contribution is -2.00. The Bertz CT molecular complexity index is 298. The fourth-order valence-corrected chi connectivity index (χ4v) is 1.82. The Balaban J connectivity index is 0.00000144. The molecule has 1 rings (SSSR count). The molecule has 0 aliphatic carbocycles. The molecule has 0 saturated heterocycles. The third kappa shape index (κ3) is 2.60. The van der Waals surface area contributed by atoms with Crippen molar-refractivity contribution in [3.05, 3.63) is 15.8 Å². The van der Waals surface area contributed by atoms with Crippen LogP contribution in [0.15, 0.2) is 6.07 Å². The molecule has 0 spiro atoms. The lowest BCUT2D eigenvalue weighted by molar-refractivity contribution is 0.0607. The van der Waals surface area contributed by atoms with E-state index in [9.17, 15) is 4.79 Å². The van der Waals surface area contributed by atoms with E-state index in [2.05, 4.69) is 4.74 Å². The zero-order chi connectivity index (χ0) is 9.14. The highest BCUT2D eigenvalue weighted by Crippen LogP contribution is 2.25. The quantitative estimate of drug-likeness (QED) is 0.779. The van der Waals surface area contributed by atoms with Gasteiger partial charge >= 0.3 is 5.97 Å². The van der Waals surface area contributed by atoms with Crippen molar-refractivity contribution in [3.8, 4) is 0 Å². The highest BCUT2D eigenvalue weighted by Gasteiger charge is 2.13. The molecule has 0 aliphatic rings. The van der Waals surface area contributed by atoms with Crippen molar-refractivity contribution < 1.29 is 9.53 Å². The Morgan fingerprint density at radius 3 is 2.69 bits per heavy atom. The van der Waals surface area contributed by atoms with Crippen LogP contribution in [-0.2, 0) is 11.2 Å². The number of nitrogens with two attached hydrogens (primary N) is 1. The van der Waals surface area contributed by atoms with E-state index in [0.717, 1.165) is 11.3 Å². The minimum Gasteiger partial charge on any atom is -0.465 e. The van der Waals surface area contributed by atoms with E-state index < -0.39 is 0 Å². The van der Waals surface area contributed by atoms with Crippen molar-refractivity contribution >= 4 is 35.4 Å².